The molecule has 0 saturated heterocycles. The van der Waals surface area contributed by atoms with Crippen LogP contribution in [-0.2, 0) is 9.59 Å². The Morgan fingerprint density at radius 1 is 1.29 bits per heavy atom. The lowest BCUT2D eigenvalue weighted by Gasteiger charge is -2.25. The van der Waals surface area contributed by atoms with E-state index in [4.69, 9.17) is 0 Å². The average Bonchev–Trinajstić information content (AvgIpc) is 2.44. The molecule has 0 radical (unpaired) electrons. The maximum absolute atomic E-state index is 12.0. The van der Waals surface area contributed by atoms with Crippen LogP contribution in [0.3, 0.4) is 0 Å². The summed E-state index contributed by atoms with van der Waals surface area (Å²) in [4.78, 5) is 33.7. The summed E-state index contributed by atoms with van der Waals surface area (Å²) < 4.78 is 0. The van der Waals surface area contributed by atoms with Crippen LogP contribution in [0.25, 0.3) is 0 Å². The number of benzene rings is 1. The van der Waals surface area contributed by atoms with Gasteiger partial charge in [0.25, 0.3) is 5.69 Å². The molecule has 0 atom stereocenters. The zero-order valence-corrected chi connectivity index (χ0v) is 12.0. The van der Waals surface area contributed by atoms with Gasteiger partial charge in [-0.3, -0.25) is 19.7 Å². The number of nitrogens with one attached hydrogen (secondary N) is 1. The molecule has 0 fully saturated rings. The number of nitro groups is 1. The first-order valence-electron chi connectivity index (χ1n) is 6.63. The average molecular weight is 294 g/mol. The third kappa shape index (κ3) is 3.77. The van der Waals surface area contributed by atoms with Crippen molar-refractivity contribution in [3.8, 4) is 0 Å². The number of anilines is 1. The van der Waals surface area contributed by atoms with Gasteiger partial charge < -0.3 is 10.4 Å². The van der Waals surface area contributed by atoms with Gasteiger partial charge in [0.05, 0.1) is 10.3 Å². The Hall–Kier alpha value is -2.44. The zero-order chi connectivity index (χ0) is 16.0. The number of carbonyl (C=O) groups is 2. The van der Waals surface area contributed by atoms with Crippen LogP contribution in [0.5, 0.6) is 0 Å². The Balaban J connectivity index is 2.92. The third-order valence-corrected chi connectivity index (χ3v) is 3.68. The number of rotatable bonds is 7. The van der Waals surface area contributed by atoms with Crippen molar-refractivity contribution < 1.29 is 19.6 Å². The Morgan fingerprint density at radius 2 is 1.86 bits per heavy atom. The van der Waals surface area contributed by atoms with Gasteiger partial charge in [-0.05, 0) is 18.9 Å². The molecule has 0 saturated carbocycles. The van der Waals surface area contributed by atoms with E-state index in [2.05, 4.69) is 5.32 Å². The van der Waals surface area contributed by atoms with Crippen molar-refractivity contribution in [2.75, 3.05) is 5.32 Å². The maximum atomic E-state index is 12.0. The fraction of sp³-hybridized carbons (Fsp3) is 0.429. The van der Waals surface area contributed by atoms with Crippen LogP contribution in [0.15, 0.2) is 24.3 Å². The lowest BCUT2D eigenvalue weighted by molar-refractivity contribution is -0.383. The molecular weight excluding hydrogens is 276 g/mol. The number of nitro benzene ring substituents is 1. The first-order valence-corrected chi connectivity index (χ1v) is 6.63. The van der Waals surface area contributed by atoms with E-state index in [0.29, 0.717) is 12.8 Å². The fourth-order valence-electron chi connectivity index (χ4n) is 2.12. The SMILES string of the molecule is CCC(CC)(CC(=O)Nc1ccccc1[N+](=O)[O-])C(=O)O. The number of carboxylic acids is 1. The number of para-hydroxylation sites is 2. The molecule has 1 aromatic rings. The summed E-state index contributed by atoms with van der Waals surface area (Å²) in [6.07, 6.45) is 0.396. The number of hydrogen-bond acceptors (Lipinski definition) is 4. The van der Waals surface area contributed by atoms with Crippen molar-refractivity contribution >= 4 is 23.3 Å². The van der Waals surface area contributed by atoms with Gasteiger partial charge in [-0.2, -0.15) is 0 Å². The van der Waals surface area contributed by atoms with E-state index in [1.807, 2.05) is 0 Å². The second-order valence-electron chi connectivity index (χ2n) is 4.79. The van der Waals surface area contributed by atoms with Crippen molar-refractivity contribution in [3.05, 3.63) is 34.4 Å². The Kier molecular flexibility index (Phi) is 5.40. The number of hydrogen-bond donors (Lipinski definition) is 2. The third-order valence-electron chi connectivity index (χ3n) is 3.68. The van der Waals surface area contributed by atoms with Gasteiger partial charge in [0, 0.05) is 12.5 Å². The highest BCUT2D eigenvalue weighted by atomic mass is 16.6. The Labute approximate surface area is 122 Å². The standard InChI is InChI=1S/C14H18N2O5/c1-3-14(4-2,13(18)19)9-12(17)15-10-7-5-6-8-11(10)16(20)21/h5-8H,3-4,9H2,1-2H3,(H,15,17)(H,18,19). The molecule has 0 bridgehead atoms. The second-order valence-corrected chi connectivity index (χ2v) is 4.79. The molecule has 1 rings (SSSR count). The fourth-order valence-corrected chi connectivity index (χ4v) is 2.12. The van der Waals surface area contributed by atoms with Gasteiger partial charge in [0.1, 0.15) is 5.69 Å². The minimum absolute atomic E-state index is 0.0685. The predicted molar refractivity (Wildman–Crippen MR) is 77.0 cm³/mol. The van der Waals surface area contributed by atoms with Crippen molar-refractivity contribution in [2.45, 2.75) is 33.1 Å². The quantitative estimate of drug-likeness (QED) is 0.593. The van der Waals surface area contributed by atoms with E-state index in [1.165, 1.54) is 18.2 Å². The summed E-state index contributed by atoms with van der Waals surface area (Å²) in [5.41, 5.74) is -1.30. The number of carbonyl (C=O) groups excluding carboxylic acids is 1. The molecule has 1 aromatic carbocycles. The normalized spacial score (nSPS) is 11.0. The topological polar surface area (TPSA) is 110 Å². The highest BCUT2D eigenvalue weighted by Crippen LogP contribution is 2.32. The van der Waals surface area contributed by atoms with Crippen molar-refractivity contribution in [2.24, 2.45) is 5.41 Å². The summed E-state index contributed by atoms with van der Waals surface area (Å²) in [6.45, 7) is 3.41. The number of carboxylic acid groups (broad SMARTS) is 1. The van der Waals surface area contributed by atoms with Gasteiger partial charge >= 0.3 is 5.97 Å². The maximum Gasteiger partial charge on any atom is 0.310 e. The molecule has 0 unspecified atom stereocenters. The molecule has 7 nitrogen and oxygen atoms in total. The van der Waals surface area contributed by atoms with E-state index in [9.17, 15) is 24.8 Å². The van der Waals surface area contributed by atoms with Crippen LogP contribution in [-0.4, -0.2) is 21.9 Å². The smallest absolute Gasteiger partial charge is 0.310 e. The lowest BCUT2D eigenvalue weighted by Crippen LogP contribution is -2.34. The summed E-state index contributed by atoms with van der Waals surface area (Å²) >= 11 is 0. The van der Waals surface area contributed by atoms with Crippen molar-refractivity contribution in [1.29, 1.82) is 0 Å². The molecule has 114 valence electrons. The van der Waals surface area contributed by atoms with Gasteiger partial charge in [-0.1, -0.05) is 26.0 Å². The Morgan fingerprint density at radius 3 is 2.33 bits per heavy atom. The van der Waals surface area contributed by atoms with E-state index in [-0.39, 0.29) is 17.8 Å². The van der Waals surface area contributed by atoms with Crippen LogP contribution < -0.4 is 5.32 Å². The molecule has 0 spiro atoms. The lowest BCUT2D eigenvalue weighted by atomic mass is 9.79. The minimum atomic E-state index is -1.15. The molecule has 0 heterocycles. The molecule has 0 aliphatic rings. The number of nitrogens with zero attached hydrogens (tertiary/aromatic N) is 1. The van der Waals surface area contributed by atoms with Gasteiger partial charge in [-0.25, -0.2) is 0 Å². The summed E-state index contributed by atoms with van der Waals surface area (Å²) in [5, 5.41) is 22.6. The zero-order valence-electron chi connectivity index (χ0n) is 12.0. The van der Waals surface area contributed by atoms with Crippen LogP contribution >= 0.6 is 0 Å². The molecule has 21 heavy (non-hydrogen) atoms. The molecule has 0 aromatic heterocycles. The monoisotopic (exact) mass is 294 g/mol. The first kappa shape index (κ1) is 16.6. The van der Waals surface area contributed by atoms with E-state index in [1.54, 1.807) is 19.9 Å². The molecule has 0 aliphatic carbocycles. The van der Waals surface area contributed by atoms with Crippen LogP contribution in [0, 0.1) is 15.5 Å². The van der Waals surface area contributed by atoms with E-state index in [0.717, 1.165) is 0 Å². The molecule has 7 heteroatoms. The predicted octanol–water partition coefficient (Wildman–Crippen LogP) is 2.81. The molecule has 0 aliphatic heterocycles. The second kappa shape index (κ2) is 6.83. The van der Waals surface area contributed by atoms with Gasteiger partial charge in [0.2, 0.25) is 5.91 Å². The van der Waals surface area contributed by atoms with Crippen molar-refractivity contribution in [1.82, 2.24) is 0 Å². The molecular formula is C14H18N2O5. The van der Waals surface area contributed by atoms with Crippen molar-refractivity contribution in [3.63, 3.8) is 0 Å². The first-order chi connectivity index (χ1) is 9.86. The van der Waals surface area contributed by atoms with Crippen LogP contribution in [0.1, 0.15) is 33.1 Å². The summed E-state index contributed by atoms with van der Waals surface area (Å²) in [5.74, 6) is -1.58. The number of amides is 1. The van der Waals surface area contributed by atoms with Gasteiger partial charge in [-0.15, -0.1) is 0 Å². The van der Waals surface area contributed by atoms with E-state index < -0.39 is 22.2 Å². The van der Waals surface area contributed by atoms with E-state index >= 15 is 0 Å². The Bertz CT molecular complexity index is 552. The largest absolute Gasteiger partial charge is 0.481 e. The van der Waals surface area contributed by atoms with Crippen LogP contribution in [0.4, 0.5) is 11.4 Å². The number of aliphatic carboxylic acids is 1. The van der Waals surface area contributed by atoms with Gasteiger partial charge in [0.15, 0.2) is 0 Å². The molecule has 2 N–H and O–H groups in total. The van der Waals surface area contributed by atoms with Crippen LogP contribution in [0.2, 0.25) is 0 Å². The highest BCUT2D eigenvalue weighted by Gasteiger charge is 2.37. The molecule has 1 amide bonds. The minimum Gasteiger partial charge on any atom is -0.481 e. The summed E-state index contributed by atoms with van der Waals surface area (Å²) in [7, 11) is 0. The highest BCUT2D eigenvalue weighted by molar-refractivity contribution is 5.95. The summed E-state index contributed by atoms with van der Waals surface area (Å²) in [6, 6.07) is 5.75.